The van der Waals surface area contributed by atoms with Gasteiger partial charge in [0.1, 0.15) is 0 Å². The van der Waals surface area contributed by atoms with Crippen LogP contribution in [0, 0.1) is 5.92 Å². The summed E-state index contributed by atoms with van der Waals surface area (Å²) in [6, 6.07) is 0. The summed E-state index contributed by atoms with van der Waals surface area (Å²) in [5.41, 5.74) is 0. The monoisotopic (exact) mass is 176 g/mol. The van der Waals surface area contributed by atoms with Crippen LogP contribution in [0.25, 0.3) is 0 Å². The van der Waals surface area contributed by atoms with Gasteiger partial charge in [-0.05, 0) is 26.6 Å². The number of hydrogen-bond donors (Lipinski definition) is 1. The van der Waals surface area contributed by atoms with Crippen molar-refractivity contribution in [3.63, 3.8) is 0 Å². The molecule has 1 N–H and O–H groups in total. The molecule has 0 aliphatic rings. The minimum Gasteiger partial charge on any atom is -0.415 e. The lowest BCUT2D eigenvalue weighted by Crippen LogP contribution is -2.34. The Bertz CT molecular complexity index is 109. The van der Waals surface area contributed by atoms with Gasteiger partial charge in [-0.25, -0.2) is 0 Å². The molecule has 0 unspecified atom stereocenters. The smallest absolute Gasteiger partial charge is 0.184 e. The van der Waals surface area contributed by atoms with Crippen LogP contribution in [0.3, 0.4) is 0 Å². The van der Waals surface area contributed by atoms with Crippen molar-refractivity contribution in [1.29, 1.82) is 0 Å². The molecular weight excluding hydrogens is 156 g/mol. The average molecular weight is 176 g/mol. The molecule has 0 radical (unpaired) electrons. The van der Waals surface area contributed by atoms with Gasteiger partial charge in [0.05, 0.1) is 0 Å². The van der Waals surface area contributed by atoms with Crippen LogP contribution in [0.1, 0.15) is 13.8 Å². The van der Waals surface area contributed by atoms with E-state index in [4.69, 9.17) is 9.53 Å². The summed E-state index contributed by atoms with van der Waals surface area (Å²) in [5, 5.41) is 8.84. The van der Waals surface area contributed by atoms with Crippen molar-refractivity contribution in [2.24, 2.45) is 5.92 Å². The number of hydrogen-bond acceptors (Lipinski definition) is 2. The summed E-state index contributed by atoms with van der Waals surface area (Å²) in [6.07, 6.45) is 0.187. The Morgan fingerprint density at radius 1 is 1.27 bits per heavy atom. The topological polar surface area (TPSA) is 29.5 Å². The highest BCUT2D eigenvalue weighted by Crippen LogP contribution is 2.13. The van der Waals surface area contributed by atoms with Crippen molar-refractivity contribution < 1.29 is 9.53 Å². The Labute approximate surface area is 70.7 Å². The summed E-state index contributed by atoms with van der Waals surface area (Å²) in [7, 11) is -1.41. The van der Waals surface area contributed by atoms with Crippen molar-refractivity contribution >= 4 is 8.32 Å². The SMILES string of the molecule is C[C@@H](CO)[C@@H](C)O[Si](C)(C)C. The van der Waals surface area contributed by atoms with E-state index in [0.29, 0.717) is 0 Å². The highest BCUT2D eigenvalue weighted by molar-refractivity contribution is 6.69. The van der Waals surface area contributed by atoms with E-state index in [0.717, 1.165) is 0 Å². The van der Waals surface area contributed by atoms with Gasteiger partial charge in [0.15, 0.2) is 8.32 Å². The van der Waals surface area contributed by atoms with Crippen LogP contribution >= 0.6 is 0 Å². The van der Waals surface area contributed by atoms with Crippen LogP contribution < -0.4 is 0 Å². The van der Waals surface area contributed by atoms with Crippen molar-refractivity contribution in [2.75, 3.05) is 6.61 Å². The maximum Gasteiger partial charge on any atom is 0.184 e. The molecule has 0 saturated carbocycles. The second-order valence-electron chi connectivity index (χ2n) is 4.10. The first-order valence-corrected chi connectivity index (χ1v) is 7.56. The van der Waals surface area contributed by atoms with E-state index in [1.807, 2.05) is 13.8 Å². The molecule has 2 nitrogen and oxygen atoms in total. The van der Waals surface area contributed by atoms with Crippen LogP contribution in [0.5, 0.6) is 0 Å². The lowest BCUT2D eigenvalue weighted by molar-refractivity contribution is 0.105. The van der Waals surface area contributed by atoms with Gasteiger partial charge in [0.2, 0.25) is 0 Å². The molecule has 2 atom stereocenters. The van der Waals surface area contributed by atoms with Crippen LogP contribution in [-0.4, -0.2) is 26.1 Å². The minimum absolute atomic E-state index is 0.187. The molecule has 0 bridgehead atoms. The molecule has 0 aromatic rings. The minimum atomic E-state index is -1.41. The first-order valence-electron chi connectivity index (χ1n) is 4.15. The Morgan fingerprint density at radius 3 is 2.00 bits per heavy atom. The van der Waals surface area contributed by atoms with E-state index in [1.54, 1.807) is 0 Å². The lowest BCUT2D eigenvalue weighted by Gasteiger charge is -2.26. The molecule has 0 spiro atoms. The van der Waals surface area contributed by atoms with Gasteiger partial charge in [-0.15, -0.1) is 0 Å². The molecule has 68 valence electrons. The second-order valence-corrected chi connectivity index (χ2v) is 8.56. The molecular formula is C8H20O2Si. The molecule has 0 heterocycles. The maximum absolute atomic E-state index is 8.84. The summed E-state index contributed by atoms with van der Waals surface area (Å²) in [6.45, 7) is 10.7. The van der Waals surface area contributed by atoms with Gasteiger partial charge >= 0.3 is 0 Å². The van der Waals surface area contributed by atoms with Crippen molar-refractivity contribution in [2.45, 2.75) is 39.6 Å². The fourth-order valence-corrected chi connectivity index (χ4v) is 2.17. The molecule has 0 fully saturated rings. The van der Waals surface area contributed by atoms with Gasteiger partial charge in [-0.2, -0.15) is 0 Å². The summed E-state index contributed by atoms with van der Waals surface area (Å²) >= 11 is 0. The highest BCUT2D eigenvalue weighted by Gasteiger charge is 2.21. The highest BCUT2D eigenvalue weighted by atomic mass is 28.4. The van der Waals surface area contributed by atoms with Crippen molar-refractivity contribution in [3.05, 3.63) is 0 Å². The number of aliphatic hydroxyl groups is 1. The molecule has 0 aromatic carbocycles. The fourth-order valence-electron chi connectivity index (χ4n) is 0.822. The molecule has 0 amide bonds. The number of aliphatic hydroxyl groups excluding tert-OH is 1. The Balaban J connectivity index is 3.77. The molecule has 0 rings (SSSR count). The summed E-state index contributed by atoms with van der Waals surface area (Å²) < 4.78 is 5.77. The Hall–Kier alpha value is 0.137. The van der Waals surface area contributed by atoms with E-state index in [-0.39, 0.29) is 18.6 Å². The third kappa shape index (κ3) is 5.41. The van der Waals surface area contributed by atoms with Crippen LogP contribution in [0.4, 0.5) is 0 Å². The van der Waals surface area contributed by atoms with Gasteiger partial charge in [0.25, 0.3) is 0 Å². The van der Waals surface area contributed by atoms with E-state index < -0.39 is 8.32 Å². The predicted octanol–water partition coefficient (Wildman–Crippen LogP) is 1.85. The largest absolute Gasteiger partial charge is 0.415 e. The van der Waals surface area contributed by atoms with Crippen LogP contribution in [-0.2, 0) is 4.43 Å². The second kappa shape index (κ2) is 4.23. The van der Waals surface area contributed by atoms with Crippen molar-refractivity contribution in [1.82, 2.24) is 0 Å². The quantitative estimate of drug-likeness (QED) is 0.662. The van der Waals surface area contributed by atoms with Gasteiger partial charge in [-0.3, -0.25) is 0 Å². The van der Waals surface area contributed by atoms with Gasteiger partial charge in [-0.1, -0.05) is 6.92 Å². The van der Waals surface area contributed by atoms with E-state index in [2.05, 4.69) is 19.6 Å². The summed E-state index contributed by atoms with van der Waals surface area (Å²) in [4.78, 5) is 0. The standard InChI is InChI=1S/C8H20O2Si/c1-7(6-9)8(2)10-11(3,4)5/h7-9H,6H2,1-5H3/t7-,8+/m0/s1. The zero-order chi connectivity index (χ0) is 9.07. The Morgan fingerprint density at radius 2 is 1.73 bits per heavy atom. The number of rotatable bonds is 4. The van der Waals surface area contributed by atoms with Crippen LogP contribution in [0.15, 0.2) is 0 Å². The zero-order valence-corrected chi connectivity index (χ0v) is 9.22. The first-order chi connectivity index (χ1) is 4.87. The first kappa shape index (κ1) is 11.1. The third-order valence-corrected chi connectivity index (χ3v) is 2.71. The van der Waals surface area contributed by atoms with E-state index in [9.17, 15) is 0 Å². The molecule has 0 saturated heterocycles. The molecule has 0 aromatic heterocycles. The lowest BCUT2D eigenvalue weighted by atomic mass is 10.1. The maximum atomic E-state index is 8.84. The van der Waals surface area contributed by atoms with E-state index in [1.165, 1.54) is 0 Å². The third-order valence-electron chi connectivity index (χ3n) is 1.63. The Kier molecular flexibility index (Phi) is 4.29. The predicted molar refractivity (Wildman–Crippen MR) is 50.1 cm³/mol. The molecule has 0 aliphatic carbocycles. The van der Waals surface area contributed by atoms with Crippen LogP contribution in [0.2, 0.25) is 19.6 Å². The van der Waals surface area contributed by atoms with Gasteiger partial charge < -0.3 is 9.53 Å². The normalized spacial score (nSPS) is 18.0. The van der Waals surface area contributed by atoms with Crippen molar-refractivity contribution in [3.8, 4) is 0 Å². The summed E-state index contributed by atoms with van der Waals surface area (Å²) in [5.74, 6) is 0.252. The average Bonchev–Trinajstić information content (AvgIpc) is 1.82. The fraction of sp³-hybridized carbons (Fsp3) is 1.00. The molecule has 11 heavy (non-hydrogen) atoms. The zero-order valence-electron chi connectivity index (χ0n) is 8.22. The molecule has 0 aliphatic heterocycles. The molecule has 3 heteroatoms. The van der Waals surface area contributed by atoms with Gasteiger partial charge in [0, 0.05) is 18.6 Å². The van der Waals surface area contributed by atoms with E-state index >= 15 is 0 Å².